The second-order valence-electron chi connectivity index (χ2n) is 6.53. The predicted octanol–water partition coefficient (Wildman–Crippen LogP) is 2.56. The van der Waals surface area contributed by atoms with E-state index in [1.807, 2.05) is 26.7 Å². The van der Waals surface area contributed by atoms with Crippen molar-refractivity contribution in [2.45, 2.75) is 52.1 Å². The highest BCUT2D eigenvalue weighted by atomic mass is 16.6. The van der Waals surface area contributed by atoms with Crippen molar-refractivity contribution in [1.82, 2.24) is 4.90 Å². The Kier molecular flexibility index (Phi) is 3.24. The fourth-order valence-corrected chi connectivity index (χ4v) is 2.77. The number of carbonyl (C=O) groups excluding carboxylic acids is 2. The van der Waals surface area contributed by atoms with Crippen LogP contribution in [-0.2, 0) is 9.53 Å². The Morgan fingerprint density at radius 1 is 1.28 bits per heavy atom. The summed E-state index contributed by atoms with van der Waals surface area (Å²) in [6, 6.07) is 0. The van der Waals surface area contributed by atoms with Crippen molar-refractivity contribution < 1.29 is 14.3 Å². The van der Waals surface area contributed by atoms with Gasteiger partial charge in [0.25, 0.3) is 0 Å². The predicted molar refractivity (Wildman–Crippen MR) is 67.9 cm³/mol. The molecule has 4 heteroatoms. The average Bonchev–Trinajstić information content (AvgIpc) is 2.23. The number of amides is 1. The summed E-state index contributed by atoms with van der Waals surface area (Å²) in [5, 5.41) is 0. The van der Waals surface area contributed by atoms with Gasteiger partial charge in [-0.1, -0.05) is 0 Å². The molecular weight excluding hydrogens is 230 g/mol. The maximum Gasteiger partial charge on any atom is 0.410 e. The normalized spacial score (nSPS) is 22.4. The van der Waals surface area contributed by atoms with Gasteiger partial charge < -0.3 is 9.64 Å². The van der Waals surface area contributed by atoms with Crippen LogP contribution in [0.3, 0.4) is 0 Å². The van der Waals surface area contributed by atoms with Gasteiger partial charge in [0.1, 0.15) is 11.5 Å². The van der Waals surface area contributed by atoms with Gasteiger partial charge in [-0.2, -0.15) is 0 Å². The molecule has 1 aliphatic carbocycles. The lowest BCUT2D eigenvalue weighted by Gasteiger charge is -2.48. The van der Waals surface area contributed by atoms with E-state index in [4.69, 9.17) is 4.74 Å². The maximum atomic E-state index is 11.9. The highest BCUT2D eigenvalue weighted by Gasteiger charge is 2.44. The summed E-state index contributed by atoms with van der Waals surface area (Å²) in [5.41, 5.74) is 0.738. The molecule has 2 rings (SSSR count). The first-order valence-corrected chi connectivity index (χ1v) is 6.54. The first kappa shape index (κ1) is 13.2. The number of likely N-dealkylation sites (tertiary alicyclic amines) is 1. The number of carbonyl (C=O) groups is 1. The van der Waals surface area contributed by atoms with Crippen molar-refractivity contribution in [3.05, 3.63) is 5.57 Å². The van der Waals surface area contributed by atoms with Gasteiger partial charge in [-0.15, -0.1) is 0 Å². The van der Waals surface area contributed by atoms with E-state index >= 15 is 0 Å². The summed E-state index contributed by atoms with van der Waals surface area (Å²) in [6.45, 7) is 7.11. The topological polar surface area (TPSA) is 46.6 Å². The molecule has 0 aromatic rings. The number of hydrogen-bond acceptors (Lipinski definition) is 3. The van der Waals surface area contributed by atoms with Gasteiger partial charge in [0.15, 0.2) is 0 Å². The second kappa shape index (κ2) is 4.43. The molecule has 1 spiro atoms. The molecule has 1 saturated carbocycles. The average molecular weight is 251 g/mol. The van der Waals surface area contributed by atoms with Crippen molar-refractivity contribution in [2.24, 2.45) is 5.41 Å². The zero-order chi connectivity index (χ0) is 13.4. The van der Waals surface area contributed by atoms with E-state index < -0.39 is 5.60 Å². The van der Waals surface area contributed by atoms with Gasteiger partial charge in [-0.25, -0.2) is 9.59 Å². The van der Waals surface area contributed by atoms with Gasteiger partial charge >= 0.3 is 6.09 Å². The van der Waals surface area contributed by atoms with Crippen LogP contribution in [-0.4, -0.2) is 35.6 Å². The van der Waals surface area contributed by atoms with E-state index in [9.17, 15) is 9.59 Å². The van der Waals surface area contributed by atoms with Crippen LogP contribution in [0.4, 0.5) is 4.79 Å². The minimum absolute atomic E-state index is 0.220. The molecule has 4 nitrogen and oxygen atoms in total. The maximum absolute atomic E-state index is 11.9. The molecule has 2 aliphatic rings. The number of ether oxygens (including phenoxy) is 1. The van der Waals surface area contributed by atoms with Crippen LogP contribution in [0, 0.1) is 5.41 Å². The number of hydrogen-bond donors (Lipinski definition) is 0. The van der Waals surface area contributed by atoms with Gasteiger partial charge in [0, 0.05) is 18.7 Å². The van der Waals surface area contributed by atoms with E-state index in [2.05, 4.69) is 0 Å². The molecule has 0 bridgehead atoms. The Balaban J connectivity index is 1.84. The smallest absolute Gasteiger partial charge is 0.410 e. The Hall–Kier alpha value is -1.28. The monoisotopic (exact) mass is 251 g/mol. The molecule has 1 aliphatic heterocycles. The molecule has 0 N–H and O–H groups in total. The van der Waals surface area contributed by atoms with E-state index in [-0.39, 0.29) is 11.5 Å². The third kappa shape index (κ3) is 2.75. The summed E-state index contributed by atoms with van der Waals surface area (Å²) in [4.78, 5) is 24.2. The Bertz CT molecular complexity index is 384. The Morgan fingerprint density at radius 3 is 2.28 bits per heavy atom. The largest absolute Gasteiger partial charge is 0.444 e. The van der Waals surface area contributed by atoms with Gasteiger partial charge in [0.05, 0.1) is 0 Å². The molecule has 0 aromatic carbocycles. The van der Waals surface area contributed by atoms with E-state index in [1.165, 1.54) is 0 Å². The third-order valence-electron chi connectivity index (χ3n) is 3.80. The van der Waals surface area contributed by atoms with Crippen LogP contribution in [0.15, 0.2) is 5.57 Å². The van der Waals surface area contributed by atoms with Crippen LogP contribution in [0.25, 0.3) is 0 Å². The highest BCUT2D eigenvalue weighted by molar-refractivity contribution is 5.68. The lowest BCUT2D eigenvalue weighted by molar-refractivity contribution is 0.00451. The SMILES string of the molecule is CC(C)(C)OC(=O)N1CCC2(CC1)CC(=C=O)C2. The molecule has 0 radical (unpaired) electrons. The number of rotatable bonds is 0. The Labute approximate surface area is 108 Å². The van der Waals surface area contributed by atoms with Crippen LogP contribution < -0.4 is 0 Å². The molecule has 18 heavy (non-hydrogen) atoms. The number of nitrogens with zero attached hydrogens (tertiary/aromatic N) is 1. The lowest BCUT2D eigenvalue weighted by Crippen LogP contribution is -2.48. The van der Waals surface area contributed by atoms with Crippen molar-refractivity contribution >= 4 is 12.0 Å². The first-order chi connectivity index (χ1) is 8.34. The molecule has 0 atom stereocenters. The van der Waals surface area contributed by atoms with Crippen LogP contribution in [0.5, 0.6) is 0 Å². The molecule has 1 amide bonds. The molecule has 100 valence electrons. The number of piperidine rings is 1. The summed E-state index contributed by atoms with van der Waals surface area (Å²) < 4.78 is 5.36. The first-order valence-electron chi connectivity index (χ1n) is 6.54. The van der Waals surface area contributed by atoms with Crippen LogP contribution in [0.1, 0.15) is 46.5 Å². The fourth-order valence-electron chi connectivity index (χ4n) is 2.77. The quantitative estimate of drug-likeness (QED) is 0.622. The zero-order valence-electron chi connectivity index (χ0n) is 11.4. The summed E-state index contributed by atoms with van der Waals surface area (Å²) in [7, 11) is 0. The van der Waals surface area contributed by atoms with Crippen LogP contribution >= 0.6 is 0 Å². The lowest BCUT2D eigenvalue weighted by atomic mass is 9.61. The summed E-state index contributed by atoms with van der Waals surface area (Å²) >= 11 is 0. The molecule has 2 fully saturated rings. The van der Waals surface area contributed by atoms with Gasteiger partial charge in [-0.05, 0) is 51.9 Å². The Morgan fingerprint density at radius 2 is 1.83 bits per heavy atom. The molecular formula is C14H21NO3. The van der Waals surface area contributed by atoms with Gasteiger partial charge in [-0.3, -0.25) is 0 Å². The van der Waals surface area contributed by atoms with Crippen molar-refractivity contribution in [2.75, 3.05) is 13.1 Å². The molecule has 1 saturated heterocycles. The molecule has 0 aromatic heterocycles. The summed E-state index contributed by atoms with van der Waals surface area (Å²) in [6.07, 6.45) is 3.47. The molecule has 1 heterocycles. The zero-order valence-corrected chi connectivity index (χ0v) is 11.4. The van der Waals surface area contributed by atoms with Crippen LogP contribution in [0.2, 0.25) is 0 Å². The van der Waals surface area contributed by atoms with E-state index in [0.717, 1.165) is 44.3 Å². The molecule has 0 unspecified atom stereocenters. The third-order valence-corrected chi connectivity index (χ3v) is 3.80. The number of allylic oxidation sites excluding steroid dienone is 1. The standard InChI is InChI=1S/C14H21NO3/c1-13(2,3)18-12(17)15-6-4-14(5-7-15)8-11(9-14)10-16/h4-9H2,1-3H3. The van der Waals surface area contributed by atoms with Gasteiger partial charge in [0.2, 0.25) is 0 Å². The van der Waals surface area contributed by atoms with E-state index in [1.54, 1.807) is 4.90 Å². The minimum atomic E-state index is -0.434. The minimum Gasteiger partial charge on any atom is -0.444 e. The summed E-state index contributed by atoms with van der Waals surface area (Å²) in [5.74, 6) is 2.00. The van der Waals surface area contributed by atoms with Crippen molar-refractivity contribution in [1.29, 1.82) is 0 Å². The van der Waals surface area contributed by atoms with E-state index in [0.29, 0.717) is 0 Å². The second-order valence-corrected chi connectivity index (χ2v) is 6.53. The highest BCUT2D eigenvalue weighted by Crippen LogP contribution is 2.51. The fraction of sp³-hybridized carbons (Fsp3) is 0.786. The van der Waals surface area contributed by atoms with Crippen molar-refractivity contribution in [3.8, 4) is 0 Å². The van der Waals surface area contributed by atoms with Crippen molar-refractivity contribution in [3.63, 3.8) is 0 Å².